The van der Waals surface area contributed by atoms with E-state index in [9.17, 15) is 38.7 Å². The number of hydrogen-bond donors (Lipinski definition) is 3. The molecule has 5 atom stereocenters. The first-order chi connectivity index (χ1) is 21.3. The Hall–Kier alpha value is -5.12. The van der Waals surface area contributed by atoms with Gasteiger partial charge in [0.05, 0.1) is 12.5 Å². The fourth-order valence-corrected chi connectivity index (χ4v) is 7.02. The van der Waals surface area contributed by atoms with Crippen molar-refractivity contribution in [3.05, 3.63) is 75.0 Å². The summed E-state index contributed by atoms with van der Waals surface area (Å²) in [4.78, 5) is 91.0. The van der Waals surface area contributed by atoms with Crippen molar-refractivity contribution in [2.24, 2.45) is 0 Å². The second-order valence-electron chi connectivity index (χ2n) is 10.8. The number of fused-ring (bicyclic) bond motifs is 2. The summed E-state index contributed by atoms with van der Waals surface area (Å²) in [6, 6.07) is 7.09. The number of benzene rings is 2. The maximum absolute atomic E-state index is 13.6. The molecule has 3 aromatic rings. The van der Waals surface area contributed by atoms with Crippen molar-refractivity contribution >= 4 is 52.6 Å². The molecule has 3 heterocycles. The number of aliphatic carboxylic acids is 1. The number of aromatic nitrogens is 1. The maximum Gasteiger partial charge on any atom is 0.513 e. The molecule has 3 amide bonds. The van der Waals surface area contributed by atoms with E-state index in [0.717, 1.165) is 7.11 Å². The highest BCUT2D eigenvalue weighted by Crippen LogP contribution is 2.50. The lowest BCUT2D eigenvalue weighted by molar-refractivity contribution is -0.161. The van der Waals surface area contributed by atoms with Gasteiger partial charge in [0.25, 0.3) is 5.56 Å². The highest BCUT2D eigenvalue weighted by atomic mass is 32.2. The number of amides is 3. The summed E-state index contributed by atoms with van der Waals surface area (Å²) in [5.74, 6) is -4.87. The first-order valence-corrected chi connectivity index (χ1v) is 14.5. The van der Waals surface area contributed by atoms with Crippen LogP contribution in [0.5, 0.6) is 5.75 Å². The van der Waals surface area contributed by atoms with Crippen molar-refractivity contribution in [3.63, 3.8) is 0 Å². The minimum atomic E-state index is -1.48. The standard InChI is InChI=1S/C29H28N4O11S/c1-13(32-23(36)15-11-8-12-16(43-28(41)42-4)19(15)44-27(32)40)21(34)30-17(14-9-6-5-7-10-14)22(35)31-18-24(37)33-20(26(38)39)29(2,3)45-25(18)33/h5-13,17-18,20,25H,1-4H3,(H,30,34)(H,31,35)(H,38,39)/t13-,17+,18+,20?,25?/m0/s1. The number of nitrogens with one attached hydrogen (secondary N) is 2. The van der Waals surface area contributed by atoms with Gasteiger partial charge in [-0.25, -0.2) is 19.0 Å². The molecular formula is C29H28N4O11S. The van der Waals surface area contributed by atoms with Crippen molar-refractivity contribution in [1.29, 1.82) is 0 Å². The molecule has 3 N–H and O–H groups in total. The van der Waals surface area contributed by atoms with Gasteiger partial charge in [0, 0.05) is 4.75 Å². The van der Waals surface area contributed by atoms with E-state index in [-0.39, 0.29) is 16.7 Å². The number of carboxylic acids is 1. The Balaban J connectivity index is 1.40. The topological polar surface area (TPSA) is 204 Å². The number of thioether (sulfide) groups is 1. The van der Waals surface area contributed by atoms with Crippen LogP contribution in [0.1, 0.15) is 38.4 Å². The SMILES string of the molecule is COC(=O)Oc1cccc2c(=O)n([C@@H](C)C(=O)N[C@@H](C(=O)N[C@@H]3C(=O)N4C3SC(C)(C)C4C(=O)O)c3ccccc3)c(=O)oc12. The van der Waals surface area contributed by atoms with E-state index in [1.54, 1.807) is 44.2 Å². The lowest BCUT2D eigenvalue weighted by Gasteiger charge is -2.44. The summed E-state index contributed by atoms with van der Waals surface area (Å²) in [6.45, 7) is 4.66. The number of nitrogens with zero attached hydrogens (tertiary/aromatic N) is 2. The number of methoxy groups -OCH3 is 1. The Kier molecular flexibility index (Phi) is 8.18. The quantitative estimate of drug-likeness (QED) is 0.180. The van der Waals surface area contributed by atoms with Crippen LogP contribution in [-0.4, -0.2) is 73.7 Å². The Bertz CT molecular complexity index is 1840. The predicted octanol–water partition coefficient (Wildman–Crippen LogP) is 1.15. The molecular weight excluding hydrogens is 612 g/mol. The fraction of sp³-hybridized carbons (Fsp3) is 0.345. The second-order valence-corrected chi connectivity index (χ2v) is 12.6. The lowest BCUT2D eigenvalue weighted by atomic mass is 9.95. The van der Waals surface area contributed by atoms with E-state index in [2.05, 4.69) is 15.4 Å². The Morgan fingerprint density at radius 3 is 2.36 bits per heavy atom. The molecule has 0 bridgehead atoms. The normalized spacial score (nSPS) is 21.2. The molecule has 2 fully saturated rings. The van der Waals surface area contributed by atoms with Gasteiger partial charge in [0.15, 0.2) is 11.3 Å². The van der Waals surface area contributed by atoms with Crippen LogP contribution in [-0.2, 0) is 23.9 Å². The summed E-state index contributed by atoms with van der Waals surface area (Å²) >= 11 is 1.25. The number of β-lactam (4-membered cyclic amide) rings is 1. The molecule has 45 heavy (non-hydrogen) atoms. The third kappa shape index (κ3) is 5.52. The number of carbonyl (C=O) groups excluding carboxylic acids is 4. The molecule has 2 unspecified atom stereocenters. The first-order valence-electron chi connectivity index (χ1n) is 13.6. The third-order valence-corrected chi connectivity index (χ3v) is 9.17. The van der Waals surface area contributed by atoms with Gasteiger partial charge in [-0.2, -0.15) is 0 Å². The molecule has 5 rings (SSSR count). The minimum absolute atomic E-state index is 0.169. The highest BCUT2D eigenvalue weighted by Gasteiger charge is 2.64. The van der Waals surface area contributed by atoms with Crippen molar-refractivity contribution in [1.82, 2.24) is 20.1 Å². The van der Waals surface area contributed by atoms with Crippen LogP contribution in [0.25, 0.3) is 11.0 Å². The average Bonchev–Trinajstić information content (AvgIpc) is 3.26. The van der Waals surface area contributed by atoms with E-state index in [1.165, 1.54) is 41.8 Å². The zero-order valence-electron chi connectivity index (χ0n) is 24.3. The number of rotatable bonds is 8. The molecule has 2 aliphatic rings. The van der Waals surface area contributed by atoms with E-state index in [0.29, 0.717) is 10.1 Å². The molecule has 236 valence electrons. The number of para-hydroxylation sites is 1. The van der Waals surface area contributed by atoms with Crippen molar-refractivity contribution < 1.29 is 43.0 Å². The number of hydrogen-bond acceptors (Lipinski definition) is 11. The minimum Gasteiger partial charge on any atom is -0.480 e. The number of carbonyl (C=O) groups is 5. The molecule has 15 nitrogen and oxygen atoms in total. The largest absolute Gasteiger partial charge is 0.513 e. The zero-order chi connectivity index (χ0) is 32.8. The average molecular weight is 641 g/mol. The van der Waals surface area contributed by atoms with Gasteiger partial charge in [0.2, 0.25) is 17.7 Å². The van der Waals surface area contributed by atoms with E-state index < -0.39 is 75.4 Å². The molecule has 2 saturated heterocycles. The fourth-order valence-electron chi connectivity index (χ4n) is 5.39. The van der Waals surface area contributed by atoms with Gasteiger partial charge in [-0.15, -0.1) is 11.8 Å². The Labute approximate surface area is 258 Å². The van der Waals surface area contributed by atoms with Crippen molar-refractivity contribution in [3.8, 4) is 5.75 Å². The van der Waals surface area contributed by atoms with Crippen LogP contribution in [0.2, 0.25) is 0 Å². The maximum atomic E-state index is 13.6. The van der Waals surface area contributed by atoms with Gasteiger partial charge in [-0.1, -0.05) is 36.4 Å². The number of carboxylic acid groups (broad SMARTS) is 1. The van der Waals surface area contributed by atoms with Crippen LogP contribution in [0.3, 0.4) is 0 Å². The van der Waals surface area contributed by atoms with Crippen molar-refractivity contribution in [2.45, 2.75) is 55.1 Å². The van der Waals surface area contributed by atoms with Gasteiger partial charge in [-0.05, 0) is 38.5 Å². The zero-order valence-corrected chi connectivity index (χ0v) is 25.2. The molecule has 0 saturated carbocycles. The number of ether oxygens (including phenoxy) is 2. The smallest absolute Gasteiger partial charge is 0.480 e. The van der Waals surface area contributed by atoms with Gasteiger partial charge in [-0.3, -0.25) is 19.2 Å². The van der Waals surface area contributed by atoms with Crippen LogP contribution in [0.15, 0.2) is 62.5 Å². The lowest BCUT2D eigenvalue weighted by Crippen LogP contribution is -2.71. The molecule has 0 radical (unpaired) electrons. The summed E-state index contributed by atoms with van der Waals surface area (Å²) in [6.07, 6.45) is -1.11. The molecule has 16 heteroatoms. The van der Waals surface area contributed by atoms with Crippen molar-refractivity contribution in [2.75, 3.05) is 7.11 Å². The van der Waals surface area contributed by atoms with E-state index >= 15 is 0 Å². The summed E-state index contributed by atoms with van der Waals surface area (Å²) < 4.78 is 14.4. The van der Waals surface area contributed by atoms with E-state index in [4.69, 9.17) is 9.15 Å². The summed E-state index contributed by atoms with van der Waals surface area (Å²) in [7, 11) is 1.07. The molecule has 1 aromatic heterocycles. The molecule has 2 aromatic carbocycles. The van der Waals surface area contributed by atoms with Crippen LogP contribution >= 0.6 is 11.8 Å². The first kappa shape index (κ1) is 31.3. The van der Waals surface area contributed by atoms with E-state index in [1.807, 2.05) is 0 Å². The molecule has 0 spiro atoms. The molecule has 0 aliphatic carbocycles. The van der Waals surface area contributed by atoms with Gasteiger partial charge < -0.3 is 34.5 Å². The highest BCUT2D eigenvalue weighted by molar-refractivity contribution is 8.01. The predicted molar refractivity (Wildman–Crippen MR) is 157 cm³/mol. The summed E-state index contributed by atoms with van der Waals surface area (Å²) in [5.41, 5.74) is -0.918. The van der Waals surface area contributed by atoms with Gasteiger partial charge in [0.1, 0.15) is 29.5 Å². The van der Waals surface area contributed by atoms with Crippen LogP contribution in [0, 0.1) is 0 Å². The Morgan fingerprint density at radius 1 is 1.02 bits per heavy atom. The van der Waals surface area contributed by atoms with Crippen LogP contribution < -0.4 is 26.7 Å². The monoisotopic (exact) mass is 640 g/mol. The third-order valence-electron chi connectivity index (χ3n) is 7.60. The summed E-state index contributed by atoms with van der Waals surface area (Å²) in [5, 5.41) is 14.1. The van der Waals surface area contributed by atoms with Crippen LogP contribution in [0.4, 0.5) is 4.79 Å². The second kappa shape index (κ2) is 11.8. The Morgan fingerprint density at radius 2 is 1.71 bits per heavy atom. The van der Waals surface area contributed by atoms with Gasteiger partial charge >= 0.3 is 17.9 Å². The molecule has 2 aliphatic heterocycles.